The van der Waals surface area contributed by atoms with Crippen molar-refractivity contribution in [1.29, 1.82) is 0 Å². The summed E-state index contributed by atoms with van der Waals surface area (Å²) >= 11 is 0. The number of pyridine rings is 1. The fourth-order valence-electron chi connectivity index (χ4n) is 3.11. The van der Waals surface area contributed by atoms with Crippen LogP contribution in [0, 0.1) is 0 Å². The lowest BCUT2D eigenvalue weighted by atomic mass is 10.2. The van der Waals surface area contributed by atoms with Crippen LogP contribution in [-0.4, -0.2) is 72.3 Å². The van der Waals surface area contributed by atoms with Gasteiger partial charge in [-0.05, 0) is 25.8 Å². The molecule has 0 radical (unpaired) electrons. The number of guanidine groups is 1. The van der Waals surface area contributed by atoms with Crippen LogP contribution in [0.3, 0.4) is 0 Å². The van der Waals surface area contributed by atoms with Crippen molar-refractivity contribution in [3.8, 4) is 0 Å². The number of halogens is 3. The number of unbranched alkanes of at least 4 members (excludes halogenated alkanes) is 1. The van der Waals surface area contributed by atoms with E-state index in [0.29, 0.717) is 45.2 Å². The largest absolute Gasteiger partial charge is 0.403 e. The van der Waals surface area contributed by atoms with Crippen LogP contribution < -0.4 is 10.9 Å². The molecule has 0 aliphatic carbocycles. The van der Waals surface area contributed by atoms with Crippen molar-refractivity contribution in [3.63, 3.8) is 0 Å². The lowest BCUT2D eigenvalue weighted by molar-refractivity contribution is -0.181. The molecule has 1 N–H and O–H groups in total. The first kappa shape index (κ1) is 21.3. The first-order valence-corrected chi connectivity index (χ1v) is 9.24. The number of rotatable bonds is 6. The summed E-state index contributed by atoms with van der Waals surface area (Å²) in [4.78, 5) is 19.3. The fourth-order valence-corrected chi connectivity index (χ4v) is 3.11. The van der Waals surface area contributed by atoms with E-state index in [1.165, 1.54) is 11.8 Å². The van der Waals surface area contributed by atoms with Crippen molar-refractivity contribution in [3.05, 3.63) is 34.7 Å². The van der Waals surface area contributed by atoms with Gasteiger partial charge in [0.25, 0.3) is 0 Å². The van der Waals surface area contributed by atoms with Gasteiger partial charge in [0, 0.05) is 58.6 Å². The molecule has 6 nitrogen and oxygen atoms in total. The molecule has 1 aliphatic heterocycles. The second-order valence-electron chi connectivity index (χ2n) is 6.65. The second kappa shape index (κ2) is 9.77. The zero-order valence-corrected chi connectivity index (χ0v) is 15.9. The van der Waals surface area contributed by atoms with Crippen molar-refractivity contribution < 1.29 is 13.2 Å². The summed E-state index contributed by atoms with van der Waals surface area (Å²) in [6.45, 7) is 4.32. The van der Waals surface area contributed by atoms with Gasteiger partial charge in [0.2, 0.25) is 5.56 Å². The van der Waals surface area contributed by atoms with Gasteiger partial charge in [-0.1, -0.05) is 6.07 Å². The number of hydrogen-bond donors (Lipinski definition) is 1. The fraction of sp³-hybridized carbons (Fsp3) is 0.667. The maximum absolute atomic E-state index is 12.8. The molecule has 9 heteroatoms. The van der Waals surface area contributed by atoms with Crippen LogP contribution in [0.5, 0.6) is 0 Å². The molecule has 0 bridgehead atoms. The van der Waals surface area contributed by atoms with Gasteiger partial charge in [0.1, 0.15) is 6.04 Å². The summed E-state index contributed by atoms with van der Waals surface area (Å²) < 4.78 is 40.2. The summed E-state index contributed by atoms with van der Waals surface area (Å²) in [5.74, 6) is 0.714. The number of nitrogens with one attached hydrogen (secondary N) is 1. The van der Waals surface area contributed by atoms with E-state index in [4.69, 9.17) is 0 Å². The van der Waals surface area contributed by atoms with Crippen LogP contribution in [0.1, 0.15) is 19.8 Å². The van der Waals surface area contributed by atoms with Gasteiger partial charge in [-0.2, -0.15) is 13.2 Å². The molecular formula is C18H28F3N5O. The Kier molecular flexibility index (Phi) is 7.70. The molecule has 1 unspecified atom stereocenters. The zero-order chi connectivity index (χ0) is 19.9. The average molecular weight is 387 g/mol. The monoisotopic (exact) mass is 387 g/mol. The predicted octanol–water partition coefficient (Wildman–Crippen LogP) is 1.77. The van der Waals surface area contributed by atoms with Crippen LogP contribution in [0.4, 0.5) is 13.2 Å². The van der Waals surface area contributed by atoms with Crippen molar-refractivity contribution >= 4 is 5.96 Å². The zero-order valence-electron chi connectivity index (χ0n) is 15.9. The van der Waals surface area contributed by atoms with Crippen LogP contribution in [-0.2, 0) is 6.54 Å². The summed E-state index contributed by atoms with van der Waals surface area (Å²) in [5.41, 5.74) is -0.00720. The maximum atomic E-state index is 12.8. The van der Waals surface area contributed by atoms with Crippen LogP contribution in [0.25, 0.3) is 0 Å². The smallest absolute Gasteiger partial charge is 0.356 e. The Balaban J connectivity index is 1.70. The molecule has 2 heterocycles. The lowest BCUT2D eigenvalue weighted by Crippen LogP contribution is -2.56. The Bertz CT molecular complexity index is 665. The third-order valence-electron chi connectivity index (χ3n) is 4.85. The van der Waals surface area contributed by atoms with E-state index in [9.17, 15) is 18.0 Å². The molecule has 1 atom stereocenters. The van der Waals surface area contributed by atoms with E-state index in [2.05, 4.69) is 10.3 Å². The molecule has 1 aromatic heterocycles. The number of nitrogens with zero attached hydrogens (tertiary/aromatic N) is 4. The minimum Gasteiger partial charge on any atom is -0.356 e. The minimum atomic E-state index is -4.19. The molecule has 152 valence electrons. The van der Waals surface area contributed by atoms with Gasteiger partial charge >= 0.3 is 6.18 Å². The van der Waals surface area contributed by atoms with Gasteiger partial charge in [-0.25, -0.2) is 0 Å². The van der Waals surface area contributed by atoms with Crippen LogP contribution in [0.15, 0.2) is 34.2 Å². The number of alkyl halides is 3. The van der Waals surface area contributed by atoms with Crippen LogP contribution in [0.2, 0.25) is 0 Å². The first-order chi connectivity index (χ1) is 12.8. The van der Waals surface area contributed by atoms with E-state index in [1.807, 2.05) is 11.0 Å². The molecule has 0 saturated carbocycles. The Morgan fingerprint density at radius 3 is 2.52 bits per heavy atom. The van der Waals surface area contributed by atoms with Crippen molar-refractivity contribution in [2.75, 3.05) is 39.8 Å². The molecule has 1 saturated heterocycles. The Morgan fingerprint density at radius 2 is 1.93 bits per heavy atom. The summed E-state index contributed by atoms with van der Waals surface area (Å²) in [7, 11) is 1.68. The van der Waals surface area contributed by atoms with Gasteiger partial charge in [-0.3, -0.25) is 14.7 Å². The highest BCUT2D eigenvalue weighted by molar-refractivity contribution is 5.79. The highest BCUT2D eigenvalue weighted by Gasteiger charge is 2.41. The molecule has 1 aliphatic rings. The van der Waals surface area contributed by atoms with E-state index in [0.717, 1.165) is 12.8 Å². The van der Waals surface area contributed by atoms with Crippen molar-refractivity contribution in [2.24, 2.45) is 4.99 Å². The van der Waals surface area contributed by atoms with Gasteiger partial charge in [0.05, 0.1) is 0 Å². The van der Waals surface area contributed by atoms with E-state index >= 15 is 0 Å². The standard InChI is InChI=1S/C18H28F3N5O/c1-15(18(19,20)21)24-11-13-26(14-12-24)17(22-2)23-8-4-6-10-25-9-5-3-7-16(25)27/h3,5,7,9,15H,4,6,8,10-14H2,1-2H3,(H,22,23). The van der Waals surface area contributed by atoms with Gasteiger partial charge in [-0.15, -0.1) is 0 Å². The highest BCUT2D eigenvalue weighted by Crippen LogP contribution is 2.25. The van der Waals surface area contributed by atoms with Crippen molar-refractivity contribution in [1.82, 2.24) is 19.7 Å². The van der Waals surface area contributed by atoms with Crippen molar-refractivity contribution in [2.45, 2.75) is 38.5 Å². The topological polar surface area (TPSA) is 52.9 Å². The lowest BCUT2D eigenvalue weighted by Gasteiger charge is -2.39. The second-order valence-corrected chi connectivity index (χ2v) is 6.65. The third-order valence-corrected chi connectivity index (χ3v) is 4.85. The molecule has 0 spiro atoms. The van der Waals surface area contributed by atoms with Gasteiger partial charge in [0.15, 0.2) is 5.96 Å². The van der Waals surface area contributed by atoms with E-state index < -0.39 is 12.2 Å². The van der Waals surface area contributed by atoms with E-state index in [-0.39, 0.29) is 5.56 Å². The predicted molar refractivity (Wildman–Crippen MR) is 100.0 cm³/mol. The maximum Gasteiger partial charge on any atom is 0.403 e. The number of hydrogen-bond acceptors (Lipinski definition) is 3. The number of piperazine rings is 1. The average Bonchev–Trinajstić information content (AvgIpc) is 2.65. The molecule has 27 heavy (non-hydrogen) atoms. The van der Waals surface area contributed by atoms with Gasteiger partial charge < -0.3 is 14.8 Å². The molecule has 0 amide bonds. The van der Waals surface area contributed by atoms with E-state index in [1.54, 1.807) is 29.9 Å². The molecule has 1 aromatic rings. The summed E-state index contributed by atoms with van der Waals surface area (Å²) in [6.07, 6.45) is -0.699. The van der Waals surface area contributed by atoms with Crippen LogP contribution >= 0.6 is 0 Å². The Hall–Kier alpha value is -2.03. The molecule has 0 aromatic carbocycles. The quantitative estimate of drug-likeness (QED) is 0.459. The highest BCUT2D eigenvalue weighted by atomic mass is 19.4. The minimum absolute atomic E-state index is 0.00720. The molecule has 1 fully saturated rings. The molecular weight excluding hydrogens is 359 g/mol. The Morgan fingerprint density at radius 1 is 1.22 bits per heavy atom. The SMILES string of the molecule is CN=C(NCCCCn1ccccc1=O)N1CCN(C(C)C(F)(F)F)CC1. The number of aliphatic imine (C=N–C) groups is 1. The third kappa shape index (κ3) is 6.27. The summed E-state index contributed by atoms with van der Waals surface area (Å²) in [5, 5.41) is 3.26. The molecule has 2 rings (SSSR count). The summed E-state index contributed by atoms with van der Waals surface area (Å²) in [6, 6.07) is 3.68. The normalized spacial score (nSPS) is 17.8. The first-order valence-electron chi connectivity index (χ1n) is 9.24. The Labute approximate surface area is 157 Å². The number of aryl methyl sites for hydroxylation is 1. The number of aromatic nitrogens is 1.